The SMILES string of the molecule is CC(c1ccc([N+](=O)[O-])cc1)N1CCC(O)(CC(=O)c2ccccc2)CC1.Cl. The molecule has 0 aliphatic carbocycles. The Bertz CT molecular complexity index is 803. The van der Waals surface area contributed by atoms with E-state index in [1.165, 1.54) is 12.1 Å². The van der Waals surface area contributed by atoms with Crippen LogP contribution in [0.15, 0.2) is 54.6 Å². The third-order valence-corrected chi connectivity index (χ3v) is 5.45. The average molecular weight is 405 g/mol. The Morgan fingerprint density at radius 2 is 1.71 bits per heavy atom. The molecule has 0 radical (unpaired) electrons. The predicted octanol–water partition coefficient (Wildman–Crippen LogP) is 4.18. The molecule has 7 heteroatoms. The van der Waals surface area contributed by atoms with E-state index in [9.17, 15) is 20.0 Å². The van der Waals surface area contributed by atoms with Crippen LogP contribution in [0.4, 0.5) is 5.69 Å². The first-order valence-electron chi connectivity index (χ1n) is 9.17. The van der Waals surface area contributed by atoms with E-state index in [0.29, 0.717) is 31.5 Å². The maximum absolute atomic E-state index is 12.4. The number of ketones is 1. The van der Waals surface area contributed by atoms with Gasteiger partial charge in [0.25, 0.3) is 5.69 Å². The zero-order valence-electron chi connectivity index (χ0n) is 15.8. The summed E-state index contributed by atoms with van der Waals surface area (Å²) in [6, 6.07) is 15.8. The van der Waals surface area contributed by atoms with Crippen LogP contribution in [-0.2, 0) is 0 Å². The minimum Gasteiger partial charge on any atom is -0.389 e. The number of carbonyl (C=O) groups is 1. The van der Waals surface area contributed by atoms with Gasteiger partial charge in [0, 0.05) is 43.2 Å². The van der Waals surface area contributed by atoms with Crippen molar-refractivity contribution in [2.24, 2.45) is 0 Å². The van der Waals surface area contributed by atoms with Crippen molar-refractivity contribution in [1.82, 2.24) is 4.90 Å². The van der Waals surface area contributed by atoms with E-state index in [4.69, 9.17) is 0 Å². The van der Waals surface area contributed by atoms with Gasteiger partial charge in [0.15, 0.2) is 5.78 Å². The number of carbonyl (C=O) groups excluding carboxylic acids is 1. The molecule has 28 heavy (non-hydrogen) atoms. The van der Waals surface area contributed by atoms with Crippen molar-refractivity contribution in [3.8, 4) is 0 Å². The molecule has 1 aliphatic rings. The molecular weight excluding hydrogens is 380 g/mol. The number of rotatable bonds is 6. The molecule has 6 nitrogen and oxygen atoms in total. The zero-order valence-corrected chi connectivity index (χ0v) is 16.6. The van der Waals surface area contributed by atoms with Gasteiger partial charge in [0.05, 0.1) is 10.5 Å². The predicted molar refractivity (Wildman–Crippen MR) is 110 cm³/mol. The minimum absolute atomic E-state index is 0. The first kappa shape index (κ1) is 22.0. The van der Waals surface area contributed by atoms with Crippen LogP contribution in [0.5, 0.6) is 0 Å². The summed E-state index contributed by atoms with van der Waals surface area (Å²) >= 11 is 0. The number of nitro benzene ring substituents is 1. The third-order valence-electron chi connectivity index (χ3n) is 5.45. The monoisotopic (exact) mass is 404 g/mol. The zero-order chi connectivity index (χ0) is 19.4. The molecule has 1 unspecified atom stereocenters. The molecule has 1 aliphatic heterocycles. The summed E-state index contributed by atoms with van der Waals surface area (Å²) in [6.07, 6.45) is 1.20. The van der Waals surface area contributed by atoms with Crippen LogP contribution in [0.25, 0.3) is 0 Å². The highest BCUT2D eigenvalue weighted by molar-refractivity contribution is 5.96. The topological polar surface area (TPSA) is 83.7 Å². The van der Waals surface area contributed by atoms with Crippen LogP contribution >= 0.6 is 12.4 Å². The number of piperidine rings is 1. The summed E-state index contributed by atoms with van der Waals surface area (Å²) in [7, 11) is 0. The molecule has 1 atom stereocenters. The molecule has 1 fully saturated rings. The van der Waals surface area contributed by atoms with Gasteiger partial charge in [-0.05, 0) is 25.3 Å². The fourth-order valence-electron chi connectivity index (χ4n) is 3.61. The van der Waals surface area contributed by atoms with E-state index >= 15 is 0 Å². The first-order valence-corrected chi connectivity index (χ1v) is 9.17. The number of aliphatic hydroxyl groups is 1. The van der Waals surface area contributed by atoms with Gasteiger partial charge in [-0.15, -0.1) is 12.4 Å². The normalized spacial score (nSPS) is 17.4. The lowest BCUT2D eigenvalue weighted by atomic mass is 9.84. The Morgan fingerprint density at radius 3 is 2.25 bits per heavy atom. The van der Waals surface area contributed by atoms with Gasteiger partial charge in [-0.25, -0.2) is 0 Å². The molecule has 0 amide bonds. The number of likely N-dealkylation sites (tertiary alicyclic amines) is 1. The number of hydrogen-bond donors (Lipinski definition) is 1. The molecule has 2 aromatic rings. The smallest absolute Gasteiger partial charge is 0.269 e. The Kier molecular flexibility index (Phi) is 7.29. The number of benzene rings is 2. The molecule has 0 saturated carbocycles. The standard InChI is InChI=1S/C21H24N2O4.ClH/c1-16(17-7-9-19(10-8-17)23(26)27)22-13-11-21(25,12-14-22)15-20(24)18-5-3-2-4-6-18;/h2-10,16,25H,11-15H2,1H3;1H. The highest BCUT2D eigenvalue weighted by Crippen LogP contribution is 2.32. The molecule has 0 bridgehead atoms. The van der Waals surface area contributed by atoms with Crippen molar-refractivity contribution in [2.45, 2.75) is 37.8 Å². The lowest BCUT2D eigenvalue weighted by Crippen LogP contribution is -2.46. The quantitative estimate of drug-likeness (QED) is 0.443. The van der Waals surface area contributed by atoms with E-state index in [1.54, 1.807) is 24.3 Å². The van der Waals surface area contributed by atoms with E-state index in [2.05, 4.69) is 11.8 Å². The van der Waals surface area contributed by atoms with E-state index < -0.39 is 10.5 Å². The second kappa shape index (κ2) is 9.28. The van der Waals surface area contributed by atoms with Crippen LogP contribution in [-0.4, -0.2) is 39.4 Å². The third kappa shape index (κ3) is 5.16. The lowest BCUT2D eigenvalue weighted by Gasteiger charge is -2.40. The Hall–Kier alpha value is -2.28. The summed E-state index contributed by atoms with van der Waals surface area (Å²) in [5.74, 6) is -0.0324. The average Bonchev–Trinajstić information content (AvgIpc) is 2.68. The van der Waals surface area contributed by atoms with Gasteiger partial charge in [-0.2, -0.15) is 0 Å². The molecule has 150 valence electrons. The molecule has 1 saturated heterocycles. The van der Waals surface area contributed by atoms with Crippen molar-refractivity contribution in [3.63, 3.8) is 0 Å². The fraction of sp³-hybridized carbons (Fsp3) is 0.381. The molecule has 0 spiro atoms. The van der Waals surface area contributed by atoms with Crippen molar-refractivity contribution >= 4 is 23.9 Å². The Morgan fingerprint density at radius 1 is 1.14 bits per heavy atom. The van der Waals surface area contributed by atoms with Crippen molar-refractivity contribution in [2.75, 3.05) is 13.1 Å². The summed E-state index contributed by atoms with van der Waals surface area (Å²) < 4.78 is 0. The molecule has 1 heterocycles. The van der Waals surface area contributed by atoms with E-state index in [0.717, 1.165) is 5.56 Å². The minimum atomic E-state index is -0.974. The highest BCUT2D eigenvalue weighted by atomic mass is 35.5. The number of nitro groups is 1. The fourth-order valence-corrected chi connectivity index (χ4v) is 3.61. The Balaban J connectivity index is 0.00000280. The number of Topliss-reactive ketones (excluding diaryl/α,β-unsaturated/α-hetero) is 1. The van der Waals surface area contributed by atoms with Gasteiger partial charge in [0.1, 0.15) is 0 Å². The van der Waals surface area contributed by atoms with Crippen LogP contribution in [0.2, 0.25) is 0 Å². The Labute approximate surface area is 170 Å². The maximum atomic E-state index is 12.4. The van der Waals surface area contributed by atoms with Gasteiger partial charge in [0.2, 0.25) is 0 Å². The van der Waals surface area contributed by atoms with Crippen molar-refractivity contribution in [3.05, 3.63) is 75.8 Å². The molecular formula is C21H25ClN2O4. The van der Waals surface area contributed by atoms with Gasteiger partial charge in [-0.3, -0.25) is 19.8 Å². The summed E-state index contributed by atoms with van der Waals surface area (Å²) in [4.78, 5) is 25.0. The summed E-state index contributed by atoms with van der Waals surface area (Å²) in [5, 5.41) is 21.6. The summed E-state index contributed by atoms with van der Waals surface area (Å²) in [5.41, 5.74) is 0.746. The van der Waals surface area contributed by atoms with Gasteiger partial charge >= 0.3 is 0 Å². The largest absolute Gasteiger partial charge is 0.389 e. The van der Waals surface area contributed by atoms with Crippen LogP contribution in [0.1, 0.15) is 48.1 Å². The number of nitrogens with zero attached hydrogens (tertiary/aromatic N) is 2. The lowest BCUT2D eigenvalue weighted by molar-refractivity contribution is -0.384. The number of non-ortho nitro benzene ring substituents is 1. The first-order chi connectivity index (χ1) is 12.9. The molecule has 1 N–H and O–H groups in total. The highest BCUT2D eigenvalue weighted by Gasteiger charge is 2.36. The van der Waals surface area contributed by atoms with Gasteiger partial charge < -0.3 is 5.11 Å². The second-order valence-corrected chi connectivity index (χ2v) is 7.25. The number of halogens is 1. The van der Waals surface area contributed by atoms with Crippen LogP contribution < -0.4 is 0 Å². The second-order valence-electron chi connectivity index (χ2n) is 7.25. The van der Waals surface area contributed by atoms with Crippen molar-refractivity contribution in [1.29, 1.82) is 0 Å². The van der Waals surface area contributed by atoms with Gasteiger partial charge in [-0.1, -0.05) is 42.5 Å². The van der Waals surface area contributed by atoms with E-state index in [1.807, 2.05) is 18.2 Å². The molecule has 2 aromatic carbocycles. The van der Waals surface area contributed by atoms with Crippen LogP contribution in [0, 0.1) is 10.1 Å². The molecule has 3 rings (SSSR count). The maximum Gasteiger partial charge on any atom is 0.269 e. The number of hydrogen-bond acceptors (Lipinski definition) is 5. The summed E-state index contributed by atoms with van der Waals surface area (Å²) in [6.45, 7) is 3.41. The van der Waals surface area contributed by atoms with Crippen molar-refractivity contribution < 1.29 is 14.8 Å². The van der Waals surface area contributed by atoms with Crippen LogP contribution in [0.3, 0.4) is 0 Å². The van der Waals surface area contributed by atoms with E-state index in [-0.39, 0.29) is 36.3 Å². The molecule has 0 aromatic heterocycles.